The maximum atomic E-state index is 12.5. The van der Waals surface area contributed by atoms with Crippen molar-refractivity contribution in [1.82, 2.24) is 15.2 Å². The van der Waals surface area contributed by atoms with E-state index < -0.39 is 0 Å². The first-order chi connectivity index (χ1) is 13.6. The maximum Gasteiger partial charge on any atom is 0.274 e. The van der Waals surface area contributed by atoms with Crippen LogP contribution < -0.4 is 15.5 Å². The number of piperazine rings is 1. The predicted octanol–water partition coefficient (Wildman–Crippen LogP) is 1.98. The largest absolute Gasteiger partial charge is 0.369 e. The summed E-state index contributed by atoms with van der Waals surface area (Å²) < 4.78 is 0. The van der Waals surface area contributed by atoms with Gasteiger partial charge in [0, 0.05) is 55.4 Å². The van der Waals surface area contributed by atoms with Crippen molar-refractivity contribution >= 4 is 23.2 Å². The van der Waals surface area contributed by atoms with E-state index in [-0.39, 0.29) is 23.6 Å². The summed E-state index contributed by atoms with van der Waals surface area (Å²) >= 11 is 0. The SMILES string of the molecule is CN1CCN(c2ccc(NC(=O)c3cc(C(=O)NC4CC4)ccn3)cc2)CC1. The first-order valence-corrected chi connectivity index (χ1v) is 9.70. The molecule has 0 atom stereocenters. The van der Waals surface area contributed by atoms with Gasteiger partial charge in [0.15, 0.2) is 0 Å². The van der Waals surface area contributed by atoms with Crippen molar-refractivity contribution in [3.63, 3.8) is 0 Å². The van der Waals surface area contributed by atoms with Crippen LogP contribution in [0.1, 0.15) is 33.7 Å². The van der Waals surface area contributed by atoms with Crippen LogP contribution in [-0.2, 0) is 0 Å². The monoisotopic (exact) mass is 379 g/mol. The van der Waals surface area contributed by atoms with Gasteiger partial charge in [-0.05, 0) is 56.3 Å². The van der Waals surface area contributed by atoms with Gasteiger partial charge in [-0.15, -0.1) is 0 Å². The zero-order valence-electron chi connectivity index (χ0n) is 16.0. The summed E-state index contributed by atoms with van der Waals surface area (Å²) in [5.41, 5.74) is 2.55. The lowest BCUT2D eigenvalue weighted by Gasteiger charge is -2.34. The van der Waals surface area contributed by atoms with Crippen LogP contribution in [0.4, 0.5) is 11.4 Å². The molecular weight excluding hydrogens is 354 g/mol. The summed E-state index contributed by atoms with van der Waals surface area (Å²) in [5, 5.41) is 5.77. The molecule has 2 heterocycles. The number of hydrogen-bond acceptors (Lipinski definition) is 5. The van der Waals surface area contributed by atoms with Crippen molar-refractivity contribution in [3.8, 4) is 0 Å². The van der Waals surface area contributed by atoms with Crippen molar-refractivity contribution in [2.24, 2.45) is 0 Å². The fourth-order valence-corrected chi connectivity index (χ4v) is 3.21. The zero-order valence-corrected chi connectivity index (χ0v) is 16.0. The third kappa shape index (κ3) is 4.48. The van der Waals surface area contributed by atoms with E-state index in [4.69, 9.17) is 0 Å². The molecule has 1 aromatic heterocycles. The molecule has 28 heavy (non-hydrogen) atoms. The molecule has 0 spiro atoms. The van der Waals surface area contributed by atoms with E-state index in [0.29, 0.717) is 11.3 Å². The van der Waals surface area contributed by atoms with Crippen LogP contribution in [0.25, 0.3) is 0 Å². The van der Waals surface area contributed by atoms with Crippen LogP contribution in [0.15, 0.2) is 42.6 Å². The molecule has 1 aliphatic heterocycles. The smallest absolute Gasteiger partial charge is 0.274 e. The Hall–Kier alpha value is -2.93. The van der Waals surface area contributed by atoms with Crippen molar-refractivity contribution in [2.45, 2.75) is 18.9 Å². The number of nitrogens with one attached hydrogen (secondary N) is 2. The molecule has 0 unspecified atom stereocenters. The van der Waals surface area contributed by atoms with E-state index in [9.17, 15) is 9.59 Å². The van der Waals surface area contributed by atoms with Crippen molar-refractivity contribution in [1.29, 1.82) is 0 Å². The van der Waals surface area contributed by atoms with Crippen LogP contribution in [0.2, 0.25) is 0 Å². The number of carbonyl (C=O) groups excluding carboxylic acids is 2. The Morgan fingerprint density at radius 2 is 1.71 bits per heavy atom. The Morgan fingerprint density at radius 3 is 2.39 bits per heavy atom. The van der Waals surface area contributed by atoms with Crippen molar-refractivity contribution < 1.29 is 9.59 Å². The molecular formula is C21H25N5O2. The second-order valence-corrected chi connectivity index (χ2v) is 7.47. The van der Waals surface area contributed by atoms with Gasteiger partial charge in [0.1, 0.15) is 5.69 Å². The van der Waals surface area contributed by atoms with Crippen LogP contribution in [0, 0.1) is 0 Å². The highest BCUT2D eigenvalue weighted by Crippen LogP contribution is 2.21. The number of likely N-dealkylation sites (N-methyl/N-ethyl adjacent to an activating group) is 1. The summed E-state index contributed by atoms with van der Waals surface area (Å²) in [6, 6.07) is 11.3. The number of benzene rings is 1. The molecule has 1 saturated heterocycles. The Kier molecular flexibility index (Phi) is 5.25. The van der Waals surface area contributed by atoms with Crippen molar-refractivity contribution in [2.75, 3.05) is 43.4 Å². The normalized spacial score (nSPS) is 17.2. The van der Waals surface area contributed by atoms with Crippen LogP contribution in [-0.4, -0.2) is 61.0 Å². The number of anilines is 2. The molecule has 2 fully saturated rings. The number of hydrogen-bond donors (Lipinski definition) is 2. The highest BCUT2D eigenvalue weighted by molar-refractivity contribution is 6.04. The lowest BCUT2D eigenvalue weighted by Crippen LogP contribution is -2.44. The van der Waals surface area contributed by atoms with Gasteiger partial charge in [0.2, 0.25) is 0 Å². The van der Waals surface area contributed by atoms with Gasteiger partial charge in [0.25, 0.3) is 11.8 Å². The first kappa shape index (κ1) is 18.4. The second-order valence-electron chi connectivity index (χ2n) is 7.47. The molecule has 7 heteroatoms. The van der Waals surface area contributed by atoms with E-state index in [1.54, 1.807) is 6.07 Å². The number of aromatic nitrogens is 1. The number of rotatable bonds is 5. The first-order valence-electron chi connectivity index (χ1n) is 9.70. The number of pyridine rings is 1. The fourth-order valence-electron chi connectivity index (χ4n) is 3.21. The molecule has 146 valence electrons. The summed E-state index contributed by atoms with van der Waals surface area (Å²) in [6.45, 7) is 4.10. The van der Waals surface area contributed by atoms with Gasteiger partial charge in [-0.2, -0.15) is 0 Å². The summed E-state index contributed by atoms with van der Waals surface area (Å²) in [5.74, 6) is -0.483. The fraction of sp³-hybridized carbons (Fsp3) is 0.381. The highest BCUT2D eigenvalue weighted by Gasteiger charge is 2.24. The molecule has 1 aliphatic carbocycles. The average Bonchev–Trinajstić information content (AvgIpc) is 3.53. The maximum absolute atomic E-state index is 12.5. The Labute approximate surface area is 164 Å². The molecule has 1 aromatic carbocycles. The molecule has 2 amide bonds. The van der Waals surface area contributed by atoms with Gasteiger partial charge in [-0.3, -0.25) is 14.6 Å². The minimum absolute atomic E-state index is 0.157. The van der Waals surface area contributed by atoms with E-state index in [2.05, 4.69) is 32.5 Å². The number of amides is 2. The van der Waals surface area contributed by atoms with Gasteiger partial charge < -0.3 is 20.4 Å². The third-order valence-electron chi connectivity index (χ3n) is 5.16. The van der Waals surface area contributed by atoms with Gasteiger partial charge in [-0.1, -0.05) is 0 Å². The number of nitrogens with zero attached hydrogens (tertiary/aromatic N) is 3. The minimum Gasteiger partial charge on any atom is -0.369 e. The van der Waals surface area contributed by atoms with E-state index in [1.807, 2.05) is 24.3 Å². The predicted molar refractivity (Wildman–Crippen MR) is 109 cm³/mol. The standard InChI is InChI=1S/C21H25N5O2/c1-25-10-12-26(13-11-25)18-6-4-17(5-7-18)24-21(28)19-14-15(8-9-22-19)20(27)23-16-2-3-16/h4-9,14,16H,2-3,10-13H2,1H3,(H,23,27)(H,24,28). The van der Waals surface area contributed by atoms with E-state index in [0.717, 1.165) is 44.7 Å². The molecule has 2 aliphatic rings. The molecule has 0 radical (unpaired) electrons. The average molecular weight is 379 g/mol. The minimum atomic E-state index is -0.326. The zero-order chi connectivity index (χ0) is 19.5. The molecule has 2 N–H and O–H groups in total. The molecule has 7 nitrogen and oxygen atoms in total. The summed E-state index contributed by atoms with van der Waals surface area (Å²) in [4.78, 5) is 33.4. The molecule has 2 aromatic rings. The topological polar surface area (TPSA) is 77.6 Å². The summed E-state index contributed by atoms with van der Waals surface area (Å²) in [7, 11) is 2.13. The van der Waals surface area contributed by atoms with Crippen LogP contribution in [0.3, 0.4) is 0 Å². The quantitative estimate of drug-likeness (QED) is 0.831. The van der Waals surface area contributed by atoms with Gasteiger partial charge in [0.05, 0.1) is 0 Å². The third-order valence-corrected chi connectivity index (χ3v) is 5.16. The molecule has 0 bridgehead atoms. The Morgan fingerprint density at radius 1 is 1.00 bits per heavy atom. The summed E-state index contributed by atoms with van der Waals surface area (Å²) in [6.07, 6.45) is 3.54. The number of carbonyl (C=O) groups is 2. The van der Waals surface area contributed by atoms with Gasteiger partial charge in [-0.25, -0.2) is 0 Å². The molecule has 4 rings (SSSR count). The van der Waals surface area contributed by atoms with E-state index in [1.165, 1.54) is 12.3 Å². The van der Waals surface area contributed by atoms with E-state index >= 15 is 0 Å². The lowest BCUT2D eigenvalue weighted by atomic mass is 10.2. The van der Waals surface area contributed by atoms with Crippen LogP contribution in [0.5, 0.6) is 0 Å². The molecule has 1 saturated carbocycles. The Bertz CT molecular complexity index is 855. The van der Waals surface area contributed by atoms with Gasteiger partial charge >= 0.3 is 0 Å². The highest BCUT2D eigenvalue weighted by atomic mass is 16.2. The lowest BCUT2D eigenvalue weighted by molar-refractivity contribution is 0.0951. The van der Waals surface area contributed by atoms with Crippen molar-refractivity contribution in [3.05, 3.63) is 53.9 Å². The second kappa shape index (κ2) is 7.98. The Balaban J connectivity index is 1.38. The van der Waals surface area contributed by atoms with Crippen LogP contribution >= 0.6 is 0 Å².